The predicted octanol–water partition coefficient (Wildman–Crippen LogP) is 2.80. The highest BCUT2D eigenvalue weighted by atomic mass is 16.1. The highest BCUT2D eigenvalue weighted by Crippen LogP contribution is 2.31. The van der Waals surface area contributed by atoms with Gasteiger partial charge in [-0.05, 0) is 23.8 Å². The molecule has 0 bridgehead atoms. The van der Waals surface area contributed by atoms with E-state index in [9.17, 15) is 4.79 Å². The number of primary amides is 1. The van der Waals surface area contributed by atoms with Crippen molar-refractivity contribution in [3.8, 4) is 0 Å². The van der Waals surface area contributed by atoms with Crippen molar-refractivity contribution in [3.05, 3.63) is 71.8 Å². The first kappa shape index (κ1) is 13.5. The fourth-order valence-corrected chi connectivity index (χ4v) is 2.98. The number of rotatable bonds is 3. The predicted molar refractivity (Wildman–Crippen MR) is 89.2 cm³/mol. The Morgan fingerprint density at radius 2 is 2.00 bits per heavy atom. The zero-order valence-corrected chi connectivity index (χ0v) is 12.3. The molecular weight excluding hydrogens is 288 g/mol. The number of carbonyl (C=O) groups is 1. The lowest BCUT2D eigenvalue weighted by molar-refractivity contribution is 0.100. The molecular formula is C18H14N4O. The number of nitrogens with one attached hydrogen (secondary N) is 1. The lowest BCUT2D eigenvalue weighted by Gasteiger charge is -2.06. The Morgan fingerprint density at radius 1 is 1.13 bits per heavy atom. The van der Waals surface area contributed by atoms with Gasteiger partial charge in [0.05, 0.1) is 5.52 Å². The summed E-state index contributed by atoms with van der Waals surface area (Å²) in [6, 6.07) is 13.5. The van der Waals surface area contributed by atoms with E-state index >= 15 is 0 Å². The number of nitrogens with two attached hydrogens (primary N) is 1. The van der Waals surface area contributed by atoms with Crippen molar-refractivity contribution in [2.24, 2.45) is 5.73 Å². The number of hydrogen-bond donors (Lipinski definition) is 2. The van der Waals surface area contributed by atoms with E-state index in [0.29, 0.717) is 12.0 Å². The maximum Gasteiger partial charge on any atom is 0.249 e. The molecule has 0 spiro atoms. The molecule has 2 aromatic carbocycles. The van der Waals surface area contributed by atoms with Gasteiger partial charge in [0.25, 0.3) is 0 Å². The van der Waals surface area contributed by atoms with Crippen molar-refractivity contribution in [3.63, 3.8) is 0 Å². The van der Waals surface area contributed by atoms with E-state index in [1.165, 1.54) is 6.33 Å². The molecule has 4 rings (SSSR count). The van der Waals surface area contributed by atoms with Crippen LogP contribution in [0.15, 0.2) is 55.0 Å². The Morgan fingerprint density at radius 3 is 2.78 bits per heavy atom. The molecule has 0 atom stereocenters. The van der Waals surface area contributed by atoms with Crippen molar-refractivity contribution in [2.45, 2.75) is 6.42 Å². The van der Waals surface area contributed by atoms with E-state index in [0.717, 1.165) is 33.1 Å². The van der Waals surface area contributed by atoms with Gasteiger partial charge >= 0.3 is 0 Å². The number of hydrogen-bond acceptors (Lipinski definition) is 3. The molecule has 1 amide bonds. The number of carbonyl (C=O) groups excluding carboxylic acids is 1. The summed E-state index contributed by atoms with van der Waals surface area (Å²) in [7, 11) is 0. The molecule has 112 valence electrons. The number of nitrogens with zero attached hydrogens (tertiary/aromatic N) is 2. The summed E-state index contributed by atoms with van der Waals surface area (Å²) in [5.74, 6) is -0.423. The van der Waals surface area contributed by atoms with Gasteiger partial charge in [-0.3, -0.25) is 4.79 Å². The molecule has 0 aliphatic heterocycles. The highest BCUT2D eigenvalue weighted by Gasteiger charge is 2.15. The van der Waals surface area contributed by atoms with Gasteiger partial charge in [-0.15, -0.1) is 0 Å². The smallest absolute Gasteiger partial charge is 0.249 e. The topological polar surface area (TPSA) is 84.7 Å². The van der Waals surface area contributed by atoms with E-state index in [4.69, 9.17) is 5.73 Å². The third-order valence-corrected chi connectivity index (χ3v) is 4.03. The van der Waals surface area contributed by atoms with Crippen LogP contribution in [0.25, 0.3) is 21.8 Å². The number of fused-ring (bicyclic) bond motifs is 3. The molecule has 2 heterocycles. The van der Waals surface area contributed by atoms with Crippen LogP contribution in [0.2, 0.25) is 0 Å². The lowest BCUT2D eigenvalue weighted by atomic mass is 10.00. The number of para-hydroxylation sites is 1. The van der Waals surface area contributed by atoms with Crippen LogP contribution in [0.5, 0.6) is 0 Å². The van der Waals surface area contributed by atoms with E-state index in [2.05, 4.69) is 15.0 Å². The highest BCUT2D eigenvalue weighted by molar-refractivity contribution is 6.18. The molecule has 0 aliphatic carbocycles. The first-order chi connectivity index (χ1) is 11.2. The molecule has 5 heteroatoms. The Kier molecular flexibility index (Phi) is 3.05. The lowest BCUT2D eigenvalue weighted by Crippen LogP contribution is -2.11. The summed E-state index contributed by atoms with van der Waals surface area (Å²) < 4.78 is 0. The van der Waals surface area contributed by atoms with Crippen LogP contribution in [-0.4, -0.2) is 20.9 Å². The fraction of sp³-hybridized carbons (Fsp3) is 0.0556. The van der Waals surface area contributed by atoms with Crippen molar-refractivity contribution in [1.29, 1.82) is 0 Å². The summed E-state index contributed by atoms with van der Waals surface area (Å²) in [5.41, 5.74) is 10.0. The molecule has 4 aromatic rings. The average Bonchev–Trinajstić information content (AvgIpc) is 2.96. The van der Waals surface area contributed by atoms with E-state index in [-0.39, 0.29) is 0 Å². The van der Waals surface area contributed by atoms with Crippen molar-refractivity contribution >= 4 is 27.7 Å². The van der Waals surface area contributed by atoms with Crippen LogP contribution >= 0.6 is 0 Å². The maximum atomic E-state index is 11.8. The van der Waals surface area contributed by atoms with E-state index in [1.807, 2.05) is 36.4 Å². The molecule has 3 N–H and O–H groups in total. The monoisotopic (exact) mass is 302 g/mol. The van der Waals surface area contributed by atoms with Crippen LogP contribution < -0.4 is 5.73 Å². The van der Waals surface area contributed by atoms with Crippen LogP contribution in [0, 0.1) is 0 Å². The first-order valence-electron chi connectivity index (χ1n) is 7.31. The summed E-state index contributed by atoms with van der Waals surface area (Å²) in [4.78, 5) is 23.4. The molecule has 0 aliphatic rings. The molecule has 0 saturated carbocycles. The third-order valence-electron chi connectivity index (χ3n) is 4.03. The molecule has 0 fully saturated rings. The van der Waals surface area contributed by atoms with Crippen LogP contribution in [0.3, 0.4) is 0 Å². The summed E-state index contributed by atoms with van der Waals surface area (Å²) in [6.45, 7) is 0. The number of H-pyrrole nitrogens is 1. The molecule has 0 unspecified atom stereocenters. The Bertz CT molecular complexity index is 1020. The maximum absolute atomic E-state index is 11.8. The minimum Gasteiger partial charge on any atom is -0.366 e. The normalized spacial score (nSPS) is 11.1. The van der Waals surface area contributed by atoms with Gasteiger partial charge in [-0.1, -0.05) is 24.3 Å². The second-order valence-corrected chi connectivity index (χ2v) is 5.43. The third kappa shape index (κ3) is 2.23. The summed E-state index contributed by atoms with van der Waals surface area (Å²) in [5, 5.41) is 1.88. The first-order valence-corrected chi connectivity index (χ1v) is 7.31. The van der Waals surface area contributed by atoms with E-state index < -0.39 is 5.91 Å². The summed E-state index contributed by atoms with van der Waals surface area (Å²) >= 11 is 0. The minimum absolute atomic E-state index is 0.423. The number of amides is 1. The van der Waals surface area contributed by atoms with Gasteiger partial charge in [-0.25, -0.2) is 9.97 Å². The van der Waals surface area contributed by atoms with Gasteiger partial charge in [0.1, 0.15) is 6.33 Å². The van der Waals surface area contributed by atoms with Gasteiger partial charge in [-0.2, -0.15) is 0 Å². The Hall–Kier alpha value is -3.21. The van der Waals surface area contributed by atoms with Crippen molar-refractivity contribution < 1.29 is 4.79 Å². The number of aromatic amines is 1. The van der Waals surface area contributed by atoms with Crippen LogP contribution in [0.1, 0.15) is 21.6 Å². The second kappa shape index (κ2) is 5.21. The molecule has 2 aromatic heterocycles. The van der Waals surface area contributed by atoms with Crippen LogP contribution in [0.4, 0.5) is 0 Å². The molecule has 23 heavy (non-hydrogen) atoms. The summed E-state index contributed by atoms with van der Waals surface area (Å²) in [6.07, 6.45) is 3.92. The molecule has 0 saturated heterocycles. The second-order valence-electron chi connectivity index (χ2n) is 5.43. The largest absolute Gasteiger partial charge is 0.366 e. The average molecular weight is 302 g/mol. The zero-order chi connectivity index (χ0) is 15.8. The SMILES string of the molecule is NC(=O)c1ccc(Cc2ccncn2)c2[nH]c3ccccc3c12. The van der Waals surface area contributed by atoms with Crippen molar-refractivity contribution in [2.75, 3.05) is 0 Å². The van der Waals surface area contributed by atoms with Gasteiger partial charge in [0.15, 0.2) is 0 Å². The minimum atomic E-state index is -0.423. The Balaban J connectivity index is 2.00. The molecule has 5 nitrogen and oxygen atoms in total. The number of benzene rings is 2. The zero-order valence-electron chi connectivity index (χ0n) is 12.3. The van der Waals surface area contributed by atoms with Crippen LogP contribution in [-0.2, 0) is 6.42 Å². The van der Waals surface area contributed by atoms with Crippen molar-refractivity contribution in [1.82, 2.24) is 15.0 Å². The van der Waals surface area contributed by atoms with Gasteiger partial charge in [0, 0.05) is 40.2 Å². The van der Waals surface area contributed by atoms with Gasteiger partial charge < -0.3 is 10.7 Å². The Labute approximate surface area is 132 Å². The van der Waals surface area contributed by atoms with E-state index in [1.54, 1.807) is 12.3 Å². The fourth-order valence-electron chi connectivity index (χ4n) is 2.98. The van der Waals surface area contributed by atoms with Gasteiger partial charge in [0.2, 0.25) is 5.91 Å². The quantitative estimate of drug-likeness (QED) is 0.610. The number of aromatic nitrogens is 3. The molecule has 0 radical (unpaired) electrons. The standard InChI is InChI=1S/C18H14N4O/c19-18(23)14-6-5-11(9-12-7-8-20-10-21-12)17-16(14)13-3-1-2-4-15(13)22-17/h1-8,10,22H,9H2,(H2,19,23).